The van der Waals surface area contributed by atoms with Crippen LogP contribution in [0.15, 0.2) is 34.3 Å². The Bertz CT molecular complexity index is 996. The molecule has 1 amide bonds. The van der Waals surface area contributed by atoms with Crippen LogP contribution in [-0.2, 0) is 14.8 Å². The lowest BCUT2D eigenvalue weighted by Gasteiger charge is -2.57. The highest BCUT2D eigenvalue weighted by Crippen LogP contribution is 2.61. The van der Waals surface area contributed by atoms with Crippen molar-refractivity contribution in [3.8, 4) is 0 Å². The van der Waals surface area contributed by atoms with E-state index in [4.69, 9.17) is 0 Å². The summed E-state index contributed by atoms with van der Waals surface area (Å²) in [6.45, 7) is 4.64. The van der Waals surface area contributed by atoms with Gasteiger partial charge in [-0.25, -0.2) is 13.8 Å². The first kappa shape index (κ1) is 23.0. The van der Waals surface area contributed by atoms with Gasteiger partial charge in [0.2, 0.25) is 15.9 Å². The predicted octanol–water partition coefficient (Wildman–Crippen LogP) is 4.49. The summed E-state index contributed by atoms with van der Waals surface area (Å²) < 4.78 is 27.6. The van der Waals surface area contributed by atoms with E-state index in [1.165, 1.54) is 42.8 Å². The van der Waals surface area contributed by atoms with E-state index in [2.05, 4.69) is 10.5 Å². The van der Waals surface area contributed by atoms with Crippen molar-refractivity contribution in [2.24, 2.45) is 34.2 Å². The fraction of sp³-hybridized carbons (Fsp3) is 0.692. The first-order valence-electron chi connectivity index (χ1n) is 12.6. The van der Waals surface area contributed by atoms with Gasteiger partial charge in [0.25, 0.3) is 0 Å². The van der Waals surface area contributed by atoms with Crippen LogP contribution in [0, 0.1) is 36.0 Å². The summed E-state index contributed by atoms with van der Waals surface area (Å²) in [6, 6.07) is 6.91. The molecule has 7 heteroatoms. The van der Waals surface area contributed by atoms with Crippen LogP contribution in [0.1, 0.15) is 70.3 Å². The smallest absolute Gasteiger partial charge is 0.244 e. The van der Waals surface area contributed by atoms with Crippen LogP contribution in [0.3, 0.4) is 0 Å². The van der Waals surface area contributed by atoms with Crippen molar-refractivity contribution in [1.29, 1.82) is 0 Å². The topological polar surface area (TPSA) is 78.8 Å². The second-order valence-electron chi connectivity index (χ2n) is 11.4. The zero-order valence-corrected chi connectivity index (χ0v) is 20.7. The number of sulfonamides is 1. The van der Waals surface area contributed by atoms with E-state index < -0.39 is 10.0 Å². The van der Waals surface area contributed by atoms with Crippen molar-refractivity contribution < 1.29 is 13.2 Å². The van der Waals surface area contributed by atoms with Crippen LogP contribution in [0.25, 0.3) is 0 Å². The molecule has 1 aromatic carbocycles. The summed E-state index contributed by atoms with van der Waals surface area (Å²) in [5.74, 6) is 2.19. The van der Waals surface area contributed by atoms with Crippen molar-refractivity contribution in [3.05, 3.63) is 29.8 Å². The van der Waals surface area contributed by atoms with Crippen molar-refractivity contribution in [1.82, 2.24) is 9.73 Å². The second kappa shape index (κ2) is 8.81. The van der Waals surface area contributed by atoms with Gasteiger partial charge in [-0.05, 0) is 107 Å². The number of hydrogen-bond donors (Lipinski definition) is 1. The van der Waals surface area contributed by atoms with Gasteiger partial charge in [-0.15, -0.1) is 0 Å². The molecule has 4 bridgehead atoms. The van der Waals surface area contributed by atoms with E-state index in [1.807, 2.05) is 26.0 Å². The molecule has 33 heavy (non-hydrogen) atoms. The Hall–Kier alpha value is -1.73. The lowest BCUT2D eigenvalue weighted by atomic mass is 9.48. The first-order chi connectivity index (χ1) is 15.7. The lowest BCUT2D eigenvalue weighted by molar-refractivity contribution is -0.126. The monoisotopic (exact) mass is 471 g/mol. The third-order valence-electron chi connectivity index (χ3n) is 8.57. The molecule has 6 nitrogen and oxygen atoms in total. The lowest BCUT2D eigenvalue weighted by Crippen LogP contribution is -2.47. The van der Waals surface area contributed by atoms with Gasteiger partial charge in [-0.2, -0.15) is 9.41 Å². The fourth-order valence-corrected chi connectivity index (χ4v) is 9.09. The molecule has 1 aliphatic heterocycles. The summed E-state index contributed by atoms with van der Waals surface area (Å²) in [5.41, 5.74) is 5.21. The van der Waals surface area contributed by atoms with Crippen LogP contribution in [0.5, 0.6) is 0 Å². The fourth-order valence-electron chi connectivity index (χ4n) is 7.56. The van der Waals surface area contributed by atoms with Gasteiger partial charge in [0.05, 0.1) is 10.8 Å². The number of hydrogen-bond acceptors (Lipinski definition) is 4. The number of amides is 1. The van der Waals surface area contributed by atoms with Gasteiger partial charge in [0.1, 0.15) is 0 Å². The molecular formula is C26H37N3O3S. The maximum atomic E-state index is 13.1. The van der Waals surface area contributed by atoms with Gasteiger partial charge in [-0.1, -0.05) is 17.7 Å². The zero-order chi connectivity index (χ0) is 23.2. The van der Waals surface area contributed by atoms with E-state index in [0.717, 1.165) is 35.4 Å². The Kier molecular flexibility index (Phi) is 6.15. The summed E-state index contributed by atoms with van der Waals surface area (Å²) in [7, 11) is -3.59. The number of aryl methyl sites for hydroxylation is 1. The van der Waals surface area contributed by atoms with Gasteiger partial charge in [-0.3, -0.25) is 4.79 Å². The maximum Gasteiger partial charge on any atom is 0.244 e. The second-order valence-corrected chi connectivity index (χ2v) is 13.4. The van der Waals surface area contributed by atoms with Crippen molar-refractivity contribution in [3.63, 3.8) is 0 Å². The van der Waals surface area contributed by atoms with E-state index >= 15 is 0 Å². The molecule has 0 aromatic heterocycles. The SMILES string of the molecule is C/C(CC12CC3CC(CC(C3)C1)C2)=N\NC(=O)C1CCCN(S(=O)(=O)c2ccc(C)cc2)C1. The highest BCUT2D eigenvalue weighted by Gasteiger charge is 2.50. The summed E-state index contributed by atoms with van der Waals surface area (Å²) >= 11 is 0. The zero-order valence-electron chi connectivity index (χ0n) is 19.9. The Morgan fingerprint density at radius 1 is 1.09 bits per heavy atom. The predicted molar refractivity (Wildman–Crippen MR) is 129 cm³/mol. The van der Waals surface area contributed by atoms with Crippen LogP contribution in [0.2, 0.25) is 0 Å². The third kappa shape index (κ3) is 4.76. The highest BCUT2D eigenvalue weighted by atomic mass is 32.2. The van der Waals surface area contributed by atoms with Crippen molar-refractivity contribution in [2.45, 2.75) is 76.5 Å². The van der Waals surface area contributed by atoms with Crippen molar-refractivity contribution >= 4 is 21.6 Å². The minimum absolute atomic E-state index is 0.163. The third-order valence-corrected chi connectivity index (χ3v) is 10.4. The largest absolute Gasteiger partial charge is 0.273 e. The van der Waals surface area contributed by atoms with Gasteiger partial charge in [0, 0.05) is 18.8 Å². The van der Waals surface area contributed by atoms with Crippen molar-refractivity contribution in [2.75, 3.05) is 13.1 Å². The summed E-state index contributed by atoms with van der Waals surface area (Å²) in [4.78, 5) is 13.2. The molecule has 5 fully saturated rings. The molecule has 4 aliphatic carbocycles. The molecule has 180 valence electrons. The molecule has 1 heterocycles. The molecule has 6 rings (SSSR count). The normalized spacial score (nSPS) is 34.4. The average molecular weight is 472 g/mol. The number of piperidine rings is 1. The Morgan fingerprint density at radius 3 is 2.30 bits per heavy atom. The molecule has 1 saturated heterocycles. The Morgan fingerprint density at radius 2 is 1.70 bits per heavy atom. The first-order valence-corrected chi connectivity index (χ1v) is 14.1. The molecule has 1 unspecified atom stereocenters. The van der Waals surface area contributed by atoms with E-state index in [1.54, 1.807) is 12.1 Å². The summed E-state index contributed by atoms with van der Waals surface area (Å²) in [6.07, 6.45) is 10.6. The van der Waals surface area contributed by atoms with Crippen LogP contribution in [-0.4, -0.2) is 37.4 Å². The molecule has 0 spiro atoms. The van der Waals surface area contributed by atoms with Crippen LogP contribution in [0.4, 0.5) is 0 Å². The maximum absolute atomic E-state index is 13.1. The van der Waals surface area contributed by atoms with Crippen LogP contribution < -0.4 is 5.43 Å². The van der Waals surface area contributed by atoms with E-state index in [9.17, 15) is 13.2 Å². The Balaban J connectivity index is 1.19. The minimum Gasteiger partial charge on any atom is -0.273 e. The molecule has 1 atom stereocenters. The standard InChI is InChI=1S/C26H37N3O3S/c1-18-5-7-24(8-6-18)33(31,32)29-9-3-4-23(17-29)25(30)28-27-19(2)13-26-14-20-10-21(15-26)12-22(11-20)16-26/h5-8,20-23H,3-4,9-17H2,1-2H3,(H,28,30)/b27-19+. The molecule has 4 saturated carbocycles. The van der Waals surface area contributed by atoms with Crippen LogP contribution >= 0.6 is 0 Å². The average Bonchev–Trinajstić information content (AvgIpc) is 2.76. The quantitative estimate of drug-likeness (QED) is 0.490. The number of carbonyl (C=O) groups excluding carboxylic acids is 1. The summed E-state index contributed by atoms with van der Waals surface area (Å²) in [5, 5.41) is 4.48. The van der Waals surface area contributed by atoms with E-state index in [-0.39, 0.29) is 18.4 Å². The number of nitrogens with zero attached hydrogens (tertiary/aromatic N) is 2. The molecule has 1 N–H and O–H groups in total. The number of benzene rings is 1. The number of carbonyl (C=O) groups is 1. The van der Waals surface area contributed by atoms with Gasteiger partial charge >= 0.3 is 0 Å². The van der Waals surface area contributed by atoms with Gasteiger partial charge < -0.3 is 0 Å². The number of hydrazone groups is 1. The highest BCUT2D eigenvalue weighted by molar-refractivity contribution is 7.89. The minimum atomic E-state index is -3.59. The Labute approximate surface area is 198 Å². The molecule has 1 aromatic rings. The van der Waals surface area contributed by atoms with E-state index in [0.29, 0.717) is 29.7 Å². The number of nitrogens with one attached hydrogen (secondary N) is 1. The number of rotatable bonds is 6. The molecule has 5 aliphatic rings. The van der Waals surface area contributed by atoms with Gasteiger partial charge in [0.15, 0.2) is 0 Å². The molecule has 0 radical (unpaired) electrons. The molecular weight excluding hydrogens is 434 g/mol.